The normalized spacial score (nSPS) is 16.1. The van der Waals surface area contributed by atoms with Gasteiger partial charge >= 0.3 is 0 Å². The van der Waals surface area contributed by atoms with Crippen LogP contribution < -0.4 is 11.1 Å². The van der Waals surface area contributed by atoms with Crippen molar-refractivity contribution in [3.63, 3.8) is 0 Å². The number of benzene rings is 1. The van der Waals surface area contributed by atoms with Gasteiger partial charge in [0.25, 0.3) is 0 Å². The maximum absolute atomic E-state index is 6.06. The van der Waals surface area contributed by atoms with Crippen LogP contribution in [-0.2, 0) is 6.42 Å². The number of likely N-dealkylation sites (tertiary alicyclic amines) is 1. The second-order valence-corrected chi connectivity index (χ2v) is 6.39. The van der Waals surface area contributed by atoms with Crippen molar-refractivity contribution in [3.05, 3.63) is 66.0 Å². The van der Waals surface area contributed by atoms with Crippen molar-refractivity contribution in [1.29, 1.82) is 0 Å². The number of hydrogen-bond donors (Lipinski definition) is 2. The highest BCUT2D eigenvalue weighted by Gasteiger charge is 2.23. The van der Waals surface area contributed by atoms with Crippen LogP contribution in [0.15, 0.2) is 59.7 Å². The molecule has 3 rings (SSSR count). The first-order chi connectivity index (χ1) is 12.3. The molecule has 1 unspecified atom stereocenters. The summed E-state index contributed by atoms with van der Waals surface area (Å²) in [4.78, 5) is 11.4. The van der Waals surface area contributed by atoms with Crippen LogP contribution in [0.3, 0.4) is 0 Å². The summed E-state index contributed by atoms with van der Waals surface area (Å²) in [7, 11) is 0. The van der Waals surface area contributed by atoms with Crippen LogP contribution in [0.1, 0.15) is 30.1 Å². The molecule has 1 saturated heterocycles. The predicted octanol–water partition coefficient (Wildman–Crippen LogP) is 2.98. The van der Waals surface area contributed by atoms with E-state index in [1.807, 2.05) is 24.4 Å². The molecule has 0 saturated carbocycles. The predicted molar refractivity (Wildman–Crippen MR) is 118 cm³/mol. The maximum atomic E-state index is 6.06. The lowest BCUT2D eigenvalue weighted by molar-refractivity contribution is 0.251. The molecule has 5 nitrogen and oxygen atoms in total. The van der Waals surface area contributed by atoms with Crippen molar-refractivity contribution < 1.29 is 0 Å². The zero-order valence-electron chi connectivity index (χ0n) is 15.1. The number of rotatable bonds is 7. The summed E-state index contributed by atoms with van der Waals surface area (Å²) < 4.78 is 0. The van der Waals surface area contributed by atoms with Crippen molar-refractivity contribution in [1.82, 2.24) is 15.2 Å². The Labute approximate surface area is 173 Å². The van der Waals surface area contributed by atoms with Crippen LogP contribution >= 0.6 is 24.0 Å². The molecule has 1 fully saturated rings. The SMILES string of the molecule is I.NC(=NCC(c1ccccc1)N1CCCC1)NCCc1ccccn1. The summed E-state index contributed by atoms with van der Waals surface area (Å²) in [5, 5.41) is 3.20. The smallest absolute Gasteiger partial charge is 0.188 e. The van der Waals surface area contributed by atoms with Crippen LogP contribution in [0.4, 0.5) is 0 Å². The molecular weight excluding hydrogens is 437 g/mol. The number of halogens is 1. The van der Waals surface area contributed by atoms with Gasteiger partial charge in [0.1, 0.15) is 0 Å². The van der Waals surface area contributed by atoms with Crippen LogP contribution in [0.25, 0.3) is 0 Å². The van der Waals surface area contributed by atoms with E-state index in [1.54, 1.807) is 0 Å². The average molecular weight is 465 g/mol. The van der Waals surface area contributed by atoms with E-state index in [0.29, 0.717) is 18.5 Å². The second kappa shape index (κ2) is 11.1. The van der Waals surface area contributed by atoms with Crippen LogP contribution in [-0.4, -0.2) is 42.0 Å². The number of aromatic nitrogens is 1. The molecule has 0 aliphatic carbocycles. The first-order valence-electron chi connectivity index (χ1n) is 9.05. The standard InChI is InChI=1S/C20H27N5.HI/c21-20(23-13-11-18-10-4-5-12-22-18)24-16-19(25-14-6-7-15-25)17-8-2-1-3-9-17;/h1-5,8-10,12,19H,6-7,11,13-16H2,(H3,21,23,24);1H. The third kappa shape index (κ3) is 6.25. The summed E-state index contributed by atoms with van der Waals surface area (Å²) in [6, 6.07) is 16.9. The number of nitrogens with zero attached hydrogens (tertiary/aromatic N) is 3. The highest BCUT2D eigenvalue weighted by Crippen LogP contribution is 2.25. The van der Waals surface area contributed by atoms with Gasteiger partial charge in [0, 0.05) is 24.9 Å². The van der Waals surface area contributed by atoms with Gasteiger partial charge in [0.05, 0.1) is 12.6 Å². The molecule has 26 heavy (non-hydrogen) atoms. The van der Waals surface area contributed by atoms with E-state index in [-0.39, 0.29) is 24.0 Å². The van der Waals surface area contributed by atoms with Crippen molar-refractivity contribution >= 4 is 29.9 Å². The van der Waals surface area contributed by atoms with Crippen LogP contribution in [0.5, 0.6) is 0 Å². The molecule has 0 bridgehead atoms. The first kappa shape index (κ1) is 20.6. The Balaban J connectivity index is 0.00000243. The molecule has 1 aromatic carbocycles. The summed E-state index contributed by atoms with van der Waals surface area (Å²) in [6.45, 7) is 3.71. The minimum Gasteiger partial charge on any atom is -0.370 e. The summed E-state index contributed by atoms with van der Waals surface area (Å²) >= 11 is 0. The molecule has 140 valence electrons. The number of nitrogens with two attached hydrogens (primary N) is 1. The highest BCUT2D eigenvalue weighted by atomic mass is 127. The number of hydrogen-bond acceptors (Lipinski definition) is 3. The molecule has 0 radical (unpaired) electrons. The lowest BCUT2D eigenvalue weighted by Crippen LogP contribution is -2.35. The zero-order valence-corrected chi connectivity index (χ0v) is 17.4. The molecule has 0 spiro atoms. The Morgan fingerprint density at radius 1 is 1.12 bits per heavy atom. The Hall–Kier alpha value is -1.67. The van der Waals surface area contributed by atoms with E-state index in [1.165, 1.54) is 18.4 Å². The summed E-state index contributed by atoms with van der Waals surface area (Å²) in [5.41, 5.74) is 8.43. The van der Waals surface area contributed by atoms with E-state index in [0.717, 1.165) is 31.7 Å². The molecule has 2 heterocycles. The Morgan fingerprint density at radius 2 is 1.85 bits per heavy atom. The van der Waals surface area contributed by atoms with E-state index < -0.39 is 0 Å². The van der Waals surface area contributed by atoms with Gasteiger partial charge in [-0.3, -0.25) is 14.9 Å². The molecule has 1 aliphatic rings. The molecule has 1 aromatic heterocycles. The van der Waals surface area contributed by atoms with Gasteiger partial charge in [0.2, 0.25) is 0 Å². The summed E-state index contributed by atoms with van der Waals surface area (Å²) in [5.74, 6) is 0.510. The van der Waals surface area contributed by atoms with Crippen molar-refractivity contribution in [2.24, 2.45) is 10.7 Å². The molecule has 6 heteroatoms. The van der Waals surface area contributed by atoms with Gasteiger partial charge in [-0.15, -0.1) is 24.0 Å². The van der Waals surface area contributed by atoms with Gasteiger partial charge in [0.15, 0.2) is 5.96 Å². The Morgan fingerprint density at radius 3 is 2.54 bits per heavy atom. The van der Waals surface area contributed by atoms with Gasteiger partial charge < -0.3 is 11.1 Å². The van der Waals surface area contributed by atoms with E-state index in [2.05, 4.69) is 50.5 Å². The molecule has 1 atom stereocenters. The Kier molecular flexibility index (Phi) is 8.84. The minimum atomic E-state index is 0. The third-order valence-corrected chi connectivity index (χ3v) is 4.61. The lowest BCUT2D eigenvalue weighted by atomic mass is 10.1. The molecule has 2 aromatic rings. The second-order valence-electron chi connectivity index (χ2n) is 6.39. The minimum absolute atomic E-state index is 0. The fourth-order valence-electron chi connectivity index (χ4n) is 3.27. The van der Waals surface area contributed by atoms with E-state index in [9.17, 15) is 0 Å². The quantitative estimate of drug-likeness (QED) is 0.375. The van der Waals surface area contributed by atoms with Gasteiger partial charge in [-0.25, -0.2) is 0 Å². The fourth-order valence-corrected chi connectivity index (χ4v) is 3.27. The molecular formula is C20H28IN5. The van der Waals surface area contributed by atoms with Gasteiger partial charge in [-0.1, -0.05) is 36.4 Å². The van der Waals surface area contributed by atoms with Crippen LogP contribution in [0.2, 0.25) is 0 Å². The van der Waals surface area contributed by atoms with Gasteiger partial charge in [-0.2, -0.15) is 0 Å². The molecule has 0 amide bonds. The highest BCUT2D eigenvalue weighted by molar-refractivity contribution is 14.0. The summed E-state index contributed by atoms with van der Waals surface area (Å²) in [6.07, 6.45) is 5.19. The monoisotopic (exact) mass is 465 g/mol. The average Bonchev–Trinajstić information content (AvgIpc) is 3.18. The van der Waals surface area contributed by atoms with Gasteiger partial charge in [-0.05, 0) is 43.6 Å². The van der Waals surface area contributed by atoms with E-state index in [4.69, 9.17) is 5.73 Å². The van der Waals surface area contributed by atoms with E-state index >= 15 is 0 Å². The van der Waals surface area contributed by atoms with Crippen molar-refractivity contribution in [3.8, 4) is 0 Å². The third-order valence-electron chi connectivity index (χ3n) is 4.61. The van der Waals surface area contributed by atoms with Crippen molar-refractivity contribution in [2.75, 3.05) is 26.2 Å². The largest absolute Gasteiger partial charge is 0.370 e. The maximum Gasteiger partial charge on any atom is 0.188 e. The topological polar surface area (TPSA) is 66.5 Å². The van der Waals surface area contributed by atoms with Crippen LogP contribution in [0, 0.1) is 0 Å². The molecule has 1 aliphatic heterocycles. The number of nitrogens with one attached hydrogen (secondary N) is 1. The van der Waals surface area contributed by atoms with Crippen molar-refractivity contribution in [2.45, 2.75) is 25.3 Å². The lowest BCUT2D eigenvalue weighted by Gasteiger charge is -2.26. The first-order valence-corrected chi connectivity index (χ1v) is 9.05. The number of pyridine rings is 1. The number of guanidine groups is 1. The fraction of sp³-hybridized carbons (Fsp3) is 0.400. The number of aliphatic imine (C=N–C) groups is 1. The molecule has 3 N–H and O–H groups in total. The Bertz CT molecular complexity index is 656. The zero-order chi connectivity index (χ0) is 17.3.